The second-order valence-corrected chi connectivity index (χ2v) is 8.89. The molecular weight excluding hydrogens is 468 g/mol. The number of aromatic nitrogens is 1. The molecule has 9 heteroatoms. The van der Waals surface area contributed by atoms with Crippen LogP contribution in [0.25, 0.3) is 5.69 Å². The molecule has 2 aromatic carbocycles. The molecule has 2 N–H and O–H groups in total. The lowest BCUT2D eigenvalue weighted by molar-refractivity contribution is -0.128. The van der Waals surface area contributed by atoms with Gasteiger partial charge in [-0.1, -0.05) is 17.7 Å². The average Bonchev–Trinajstić information content (AvgIpc) is 3.19. The molecule has 3 atom stereocenters. The molecule has 1 aromatic heterocycles. The fourth-order valence-electron chi connectivity index (χ4n) is 3.94. The molecule has 0 spiro atoms. The van der Waals surface area contributed by atoms with Crippen LogP contribution in [0.1, 0.15) is 12.8 Å². The maximum Gasteiger partial charge on any atom is 0.255 e. The Hall–Kier alpha value is -3.16. The van der Waals surface area contributed by atoms with E-state index >= 15 is 0 Å². The summed E-state index contributed by atoms with van der Waals surface area (Å²) in [6.07, 6.45) is 2.15. The van der Waals surface area contributed by atoms with Gasteiger partial charge in [0.15, 0.2) is 0 Å². The minimum Gasteiger partial charge on any atom is -0.326 e. The molecule has 170 valence electrons. The Bertz CT molecular complexity index is 1250. The van der Waals surface area contributed by atoms with Crippen LogP contribution in [-0.4, -0.2) is 21.8 Å². The number of pyridine rings is 1. The van der Waals surface area contributed by atoms with Crippen molar-refractivity contribution in [1.82, 2.24) is 4.57 Å². The van der Waals surface area contributed by atoms with Crippen LogP contribution in [0.2, 0.25) is 5.02 Å². The summed E-state index contributed by atoms with van der Waals surface area (Å²) in [7, 11) is 0. The summed E-state index contributed by atoms with van der Waals surface area (Å²) in [6, 6.07) is 15.3. The van der Waals surface area contributed by atoms with Crippen molar-refractivity contribution in [3.8, 4) is 5.69 Å². The van der Waals surface area contributed by atoms with Gasteiger partial charge in [-0.25, -0.2) is 4.39 Å². The molecule has 3 aromatic rings. The Labute approximate surface area is 199 Å². The van der Waals surface area contributed by atoms with Gasteiger partial charge in [0.25, 0.3) is 5.56 Å². The van der Waals surface area contributed by atoms with Gasteiger partial charge in [0, 0.05) is 34.4 Å². The van der Waals surface area contributed by atoms with Crippen molar-refractivity contribution in [3.05, 3.63) is 88.1 Å². The lowest BCUT2D eigenvalue weighted by Gasteiger charge is -2.19. The number of alkyl halides is 1. The Balaban J connectivity index is 1.48. The highest BCUT2D eigenvalue weighted by molar-refractivity contribution is 6.30. The normalized spacial score (nSPS) is 19.8. The van der Waals surface area contributed by atoms with E-state index in [4.69, 9.17) is 23.2 Å². The van der Waals surface area contributed by atoms with Gasteiger partial charge in [0.2, 0.25) is 11.8 Å². The predicted octanol–water partition coefficient (Wildman–Crippen LogP) is 4.84. The molecular formula is C24H20Cl2FN3O3. The lowest BCUT2D eigenvalue weighted by atomic mass is 9.94. The fraction of sp³-hybridized carbons (Fsp3) is 0.208. The summed E-state index contributed by atoms with van der Waals surface area (Å²) >= 11 is 12.1. The predicted molar refractivity (Wildman–Crippen MR) is 127 cm³/mol. The molecule has 4 rings (SSSR count). The zero-order valence-corrected chi connectivity index (χ0v) is 18.8. The molecule has 0 bridgehead atoms. The summed E-state index contributed by atoms with van der Waals surface area (Å²) in [6.45, 7) is 0. The van der Waals surface area contributed by atoms with E-state index in [0.717, 1.165) is 0 Å². The van der Waals surface area contributed by atoms with Crippen LogP contribution in [0, 0.1) is 17.7 Å². The minimum atomic E-state index is -0.712. The fourth-order valence-corrected chi connectivity index (χ4v) is 4.45. The molecule has 1 aliphatic rings. The molecule has 0 unspecified atom stereocenters. The van der Waals surface area contributed by atoms with Crippen molar-refractivity contribution in [2.75, 3.05) is 10.6 Å². The van der Waals surface area contributed by atoms with E-state index in [9.17, 15) is 18.8 Å². The summed E-state index contributed by atoms with van der Waals surface area (Å²) in [5, 5.41) is 5.54. The molecule has 6 nitrogen and oxygen atoms in total. The number of benzene rings is 2. The third-order valence-corrected chi connectivity index (χ3v) is 6.21. The summed E-state index contributed by atoms with van der Waals surface area (Å²) < 4.78 is 16.0. The highest BCUT2D eigenvalue weighted by Gasteiger charge is 2.42. The Morgan fingerprint density at radius 1 is 0.939 bits per heavy atom. The number of nitrogens with one attached hydrogen (secondary N) is 2. The van der Waals surface area contributed by atoms with Gasteiger partial charge < -0.3 is 10.6 Å². The largest absolute Gasteiger partial charge is 0.326 e. The van der Waals surface area contributed by atoms with Gasteiger partial charge in [0.05, 0.1) is 23.2 Å². The Kier molecular flexibility index (Phi) is 6.81. The molecule has 33 heavy (non-hydrogen) atoms. The molecule has 1 heterocycles. The van der Waals surface area contributed by atoms with Crippen molar-refractivity contribution in [2.24, 2.45) is 11.8 Å². The zero-order chi connectivity index (χ0) is 23.5. The third kappa shape index (κ3) is 5.26. The number of hydrogen-bond acceptors (Lipinski definition) is 3. The number of carbonyl (C=O) groups is 2. The quantitative estimate of drug-likeness (QED) is 0.505. The zero-order valence-electron chi connectivity index (χ0n) is 17.3. The number of halogens is 3. The summed E-state index contributed by atoms with van der Waals surface area (Å²) in [5.74, 6) is -2.89. The van der Waals surface area contributed by atoms with Gasteiger partial charge in [0.1, 0.15) is 5.82 Å². The topological polar surface area (TPSA) is 80.2 Å². The minimum absolute atomic E-state index is 0.0392. The molecule has 1 saturated carbocycles. The number of rotatable bonds is 5. The highest BCUT2D eigenvalue weighted by Crippen LogP contribution is 2.37. The number of hydrogen-bond donors (Lipinski definition) is 2. The highest BCUT2D eigenvalue weighted by atomic mass is 35.5. The molecule has 1 aliphatic carbocycles. The maximum absolute atomic E-state index is 14.7. The van der Waals surface area contributed by atoms with Crippen molar-refractivity contribution in [2.45, 2.75) is 18.2 Å². The first kappa shape index (κ1) is 23.0. The SMILES string of the molecule is O=C(Nc1ccc(Cl)cc1)[C@H]1C[C@H](Cl)C[C@@H]1C(=O)Nc1ccc(-n2ccccc2=O)cc1F. The van der Waals surface area contributed by atoms with Crippen LogP contribution in [0.5, 0.6) is 0 Å². The van der Waals surface area contributed by atoms with Crippen LogP contribution in [-0.2, 0) is 9.59 Å². The molecule has 0 aliphatic heterocycles. The Morgan fingerprint density at radius 3 is 2.24 bits per heavy atom. The van der Waals surface area contributed by atoms with Gasteiger partial charge in [-0.05, 0) is 55.3 Å². The molecule has 0 radical (unpaired) electrons. The van der Waals surface area contributed by atoms with E-state index in [2.05, 4.69) is 10.6 Å². The lowest BCUT2D eigenvalue weighted by Crippen LogP contribution is -2.33. The number of carbonyl (C=O) groups excluding carboxylic acids is 2. The van der Waals surface area contributed by atoms with Gasteiger partial charge in [-0.3, -0.25) is 19.0 Å². The Morgan fingerprint density at radius 2 is 1.61 bits per heavy atom. The number of nitrogens with zero attached hydrogens (tertiary/aromatic N) is 1. The first-order chi connectivity index (χ1) is 15.8. The molecule has 1 fully saturated rings. The smallest absolute Gasteiger partial charge is 0.255 e. The summed E-state index contributed by atoms with van der Waals surface area (Å²) in [5.41, 5.74) is 0.544. The maximum atomic E-state index is 14.7. The van der Waals surface area contributed by atoms with Gasteiger partial charge in [-0.2, -0.15) is 0 Å². The van der Waals surface area contributed by atoms with Crippen LogP contribution >= 0.6 is 23.2 Å². The summed E-state index contributed by atoms with van der Waals surface area (Å²) in [4.78, 5) is 37.7. The number of amides is 2. The molecule has 0 saturated heterocycles. The first-order valence-corrected chi connectivity index (χ1v) is 11.1. The van der Waals surface area contributed by atoms with E-state index < -0.39 is 23.6 Å². The first-order valence-electron chi connectivity index (χ1n) is 10.3. The van der Waals surface area contributed by atoms with Gasteiger partial charge >= 0.3 is 0 Å². The van der Waals surface area contributed by atoms with Gasteiger partial charge in [-0.15, -0.1) is 11.6 Å². The van der Waals surface area contributed by atoms with Crippen LogP contribution < -0.4 is 16.2 Å². The van der Waals surface area contributed by atoms with E-state index in [0.29, 0.717) is 29.2 Å². The monoisotopic (exact) mass is 487 g/mol. The third-order valence-electron chi connectivity index (χ3n) is 5.60. The average molecular weight is 488 g/mol. The van der Waals surface area contributed by atoms with E-state index in [1.165, 1.54) is 35.0 Å². The van der Waals surface area contributed by atoms with Crippen molar-refractivity contribution >= 4 is 46.4 Å². The van der Waals surface area contributed by atoms with E-state index in [1.807, 2.05) is 0 Å². The van der Waals surface area contributed by atoms with E-state index in [1.54, 1.807) is 36.4 Å². The van der Waals surface area contributed by atoms with Crippen molar-refractivity contribution in [1.29, 1.82) is 0 Å². The van der Waals surface area contributed by atoms with Crippen LogP contribution in [0.15, 0.2) is 71.7 Å². The van der Waals surface area contributed by atoms with Crippen LogP contribution in [0.4, 0.5) is 15.8 Å². The number of anilines is 2. The van der Waals surface area contributed by atoms with Crippen molar-refractivity contribution in [3.63, 3.8) is 0 Å². The van der Waals surface area contributed by atoms with Crippen LogP contribution in [0.3, 0.4) is 0 Å². The van der Waals surface area contributed by atoms with Crippen molar-refractivity contribution < 1.29 is 14.0 Å². The van der Waals surface area contributed by atoms with E-state index in [-0.39, 0.29) is 22.5 Å². The second-order valence-electron chi connectivity index (χ2n) is 7.84. The molecule has 2 amide bonds. The standard InChI is InChI=1S/C24H20Cl2FN3O3/c25-14-4-6-16(7-5-14)28-23(32)18-11-15(26)12-19(18)24(33)29-21-9-8-17(13-20(21)27)30-10-2-1-3-22(30)31/h1-10,13,15,18-19H,11-12H2,(H,28,32)(H,29,33)/t15-,18-,19-/m0/s1. The second kappa shape index (κ2) is 9.77.